The van der Waals surface area contributed by atoms with Gasteiger partial charge in [-0.1, -0.05) is 17.8 Å². The molecule has 0 bridgehead atoms. The van der Waals surface area contributed by atoms with Crippen LogP contribution in [0.5, 0.6) is 5.75 Å². The summed E-state index contributed by atoms with van der Waals surface area (Å²) in [5, 5.41) is 5.65. The number of aromatic nitrogens is 4. The van der Waals surface area contributed by atoms with Gasteiger partial charge in [-0.05, 0) is 49.4 Å². The first-order chi connectivity index (χ1) is 15.0. The van der Waals surface area contributed by atoms with Crippen LogP contribution in [0.4, 0.5) is 10.1 Å². The smallest absolute Gasteiger partial charge is 0.266 e. The Morgan fingerprint density at radius 3 is 2.74 bits per heavy atom. The van der Waals surface area contributed by atoms with Crippen LogP contribution in [0.1, 0.15) is 6.92 Å². The molecule has 2 heterocycles. The van der Waals surface area contributed by atoms with Crippen LogP contribution in [-0.2, 0) is 4.79 Å². The number of amides is 1. The molecule has 0 saturated carbocycles. The molecular weight excluding hydrogens is 421 g/mol. The number of halogens is 1. The number of thioether (sulfide) groups is 1. The second kappa shape index (κ2) is 9.00. The average Bonchev–Trinajstić information content (AvgIpc) is 3.13. The van der Waals surface area contributed by atoms with Gasteiger partial charge in [0, 0.05) is 17.3 Å². The summed E-state index contributed by atoms with van der Waals surface area (Å²) in [4.78, 5) is 33.1. The monoisotopic (exact) mass is 439 g/mol. The van der Waals surface area contributed by atoms with Crippen molar-refractivity contribution >= 4 is 29.0 Å². The second-order valence-electron chi connectivity index (χ2n) is 6.45. The zero-order valence-corrected chi connectivity index (χ0v) is 17.3. The van der Waals surface area contributed by atoms with Crippen molar-refractivity contribution in [3.05, 3.63) is 70.8 Å². The Hall–Kier alpha value is -3.66. The van der Waals surface area contributed by atoms with Gasteiger partial charge in [-0.2, -0.15) is 0 Å². The predicted molar refractivity (Wildman–Crippen MR) is 116 cm³/mol. The van der Waals surface area contributed by atoms with E-state index < -0.39 is 5.82 Å². The number of nitrogens with zero attached hydrogens (tertiary/aromatic N) is 3. The van der Waals surface area contributed by atoms with Crippen LogP contribution in [0.3, 0.4) is 0 Å². The Bertz CT molecular complexity index is 1290. The lowest BCUT2D eigenvalue weighted by atomic mass is 10.2. The number of anilines is 1. The highest BCUT2D eigenvalue weighted by Crippen LogP contribution is 2.23. The summed E-state index contributed by atoms with van der Waals surface area (Å²) in [5.74, 6) is 0.377. The molecule has 0 unspecified atom stereocenters. The quantitative estimate of drug-likeness (QED) is 0.428. The Balaban J connectivity index is 1.57. The molecule has 0 radical (unpaired) electrons. The summed E-state index contributed by atoms with van der Waals surface area (Å²) in [6.07, 6.45) is 0. The van der Waals surface area contributed by atoms with Gasteiger partial charge in [0.25, 0.3) is 5.56 Å². The molecule has 2 N–H and O–H groups in total. The van der Waals surface area contributed by atoms with E-state index in [2.05, 4.69) is 20.4 Å². The van der Waals surface area contributed by atoms with E-state index in [-0.39, 0.29) is 17.2 Å². The summed E-state index contributed by atoms with van der Waals surface area (Å²) in [5.41, 5.74) is 1.16. The largest absolute Gasteiger partial charge is 0.494 e. The third kappa shape index (κ3) is 4.92. The fraction of sp³-hybridized carbons (Fsp3) is 0.143. The van der Waals surface area contributed by atoms with Gasteiger partial charge in [0.15, 0.2) is 16.6 Å². The van der Waals surface area contributed by atoms with Gasteiger partial charge < -0.3 is 10.1 Å². The summed E-state index contributed by atoms with van der Waals surface area (Å²) in [6.45, 7) is 2.47. The van der Waals surface area contributed by atoms with Gasteiger partial charge in [-0.15, -0.1) is 0 Å². The van der Waals surface area contributed by atoms with E-state index in [1.54, 1.807) is 6.07 Å². The summed E-state index contributed by atoms with van der Waals surface area (Å²) < 4.78 is 20.2. The third-order valence-corrected chi connectivity index (χ3v) is 5.13. The third-order valence-electron chi connectivity index (χ3n) is 4.19. The van der Waals surface area contributed by atoms with E-state index in [9.17, 15) is 14.0 Å². The Morgan fingerprint density at radius 1 is 1.19 bits per heavy atom. The number of fused-ring (bicyclic) bond motifs is 1. The second-order valence-corrected chi connectivity index (χ2v) is 7.39. The van der Waals surface area contributed by atoms with Gasteiger partial charge in [-0.25, -0.2) is 18.9 Å². The van der Waals surface area contributed by atoms with Crippen LogP contribution in [0.15, 0.2) is 64.5 Å². The normalized spacial score (nSPS) is 10.9. The van der Waals surface area contributed by atoms with Crippen molar-refractivity contribution < 1.29 is 13.9 Å². The number of aromatic amines is 1. The molecule has 2 aromatic carbocycles. The summed E-state index contributed by atoms with van der Waals surface area (Å²) in [6, 6.07) is 14.3. The van der Waals surface area contributed by atoms with E-state index in [1.807, 2.05) is 31.2 Å². The number of hydrogen-bond donors (Lipinski definition) is 2. The van der Waals surface area contributed by atoms with Gasteiger partial charge in [0.05, 0.1) is 12.4 Å². The molecule has 31 heavy (non-hydrogen) atoms. The molecule has 158 valence electrons. The molecule has 0 fully saturated rings. The van der Waals surface area contributed by atoms with Gasteiger partial charge in [0.2, 0.25) is 5.91 Å². The molecule has 8 nitrogen and oxygen atoms in total. The van der Waals surface area contributed by atoms with Crippen LogP contribution in [0.2, 0.25) is 0 Å². The number of carbonyl (C=O) groups excluding carboxylic acids is 1. The lowest BCUT2D eigenvalue weighted by molar-refractivity contribution is -0.113. The van der Waals surface area contributed by atoms with E-state index >= 15 is 0 Å². The van der Waals surface area contributed by atoms with Crippen molar-refractivity contribution in [3.8, 4) is 17.1 Å². The average molecular weight is 439 g/mol. The molecule has 1 amide bonds. The first-order valence-electron chi connectivity index (χ1n) is 9.43. The number of ether oxygens (including phenoxy) is 1. The zero-order chi connectivity index (χ0) is 21.8. The zero-order valence-electron chi connectivity index (χ0n) is 16.5. The summed E-state index contributed by atoms with van der Waals surface area (Å²) in [7, 11) is 0. The van der Waals surface area contributed by atoms with Crippen LogP contribution in [0.25, 0.3) is 17.0 Å². The Morgan fingerprint density at radius 2 is 2.00 bits per heavy atom. The highest BCUT2D eigenvalue weighted by atomic mass is 32.2. The van der Waals surface area contributed by atoms with Crippen LogP contribution < -0.4 is 15.6 Å². The first-order valence-corrected chi connectivity index (χ1v) is 10.4. The molecule has 0 spiro atoms. The maximum absolute atomic E-state index is 13.3. The predicted octanol–water partition coefficient (Wildman–Crippen LogP) is 3.35. The number of hydrogen-bond acceptors (Lipinski definition) is 6. The van der Waals surface area contributed by atoms with Gasteiger partial charge in [-0.3, -0.25) is 14.7 Å². The minimum absolute atomic E-state index is 0.00551. The van der Waals surface area contributed by atoms with Crippen molar-refractivity contribution in [1.29, 1.82) is 0 Å². The first kappa shape index (κ1) is 20.6. The number of carbonyl (C=O) groups is 1. The highest BCUT2D eigenvalue weighted by molar-refractivity contribution is 7.99. The standard InChI is InChI=1S/C21H18FN5O3S/c1-2-30-16-8-6-13(7-9-16)20-24-17-11-18(28)26-27(17)21(25-20)31-12-19(29)23-15-5-3-4-14(22)10-15/h3-11H,2,12H2,1H3,(H,23,29)(H,26,28). The lowest BCUT2D eigenvalue weighted by Gasteiger charge is -2.09. The lowest BCUT2D eigenvalue weighted by Crippen LogP contribution is -2.15. The maximum atomic E-state index is 13.3. The van der Waals surface area contributed by atoms with E-state index in [0.29, 0.717) is 28.9 Å². The molecule has 4 rings (SSSR count). The van der Waals surface area contributed by atoms with Crippen molar-refractivity contribution in [1.82, 2.24) is 19.6 Å². The molecule has 0 saturated heterocycles. The van der Waals surface area contributed by atoms with Crippen molar-refractivity contribution in [2.75, 3.05) is 17.7 Å². The van der Waals surface area contributed by atoms with Crippen molar-refractivity contribution in [2.45, 2.75) is 12.1 Å². The van der Waals surface area contributed by atoms with E-state index in [0.717, 1.165) is 23.1 Å². The molecule has 10 heteroatoms. The Kier molecular flexibility index (Phi) is 5.99. The number of H-pyrrole nitrogens is 1. The fourth-order valence-electron chi connectivity index (χ4n) is 2.87. The van der Waals surface area contributed by atoms with Crippen molar-refractivity contribution in [2.24, 2.45) is 0 Å². The SMILES string of the molecule is CCOc1ccc(-c2nc(SCC(=O)Nc3cccc(F)c3)n3[nH]c(=O)cc3n2)cc1. The molecule has 4 aromatic rings. The molecular formula is C21H18FN5O3S. The van der Waals surface area contributed by atoms with Crippen LogP contribution >= 0.6 is 11.8 Å². The van der Waals surface area contributed by atoms with Crippen molar-refractivity contribution in [3.63, 3.8) is 0 Å². The minimum Gasteiger partial charge on any atom is -0.494 e. The van der Waals surface area contributed by atoms with E-state index in [1.165, 1.54) is 28.8 Å². The highest BCUT2D eigenvalue weighted by Gasteiger charge is 2.14. The topological polar surface area (TPSA) is 101 Å². The molecule has 0 aliphatic rings. The number of nitrogens with one attached hydrogen (secondary N) is 2. The Labute approximate surface area is 180 Å². The maximum Gasteiger partial charge on any atom is 0.266 e. The molecule has 0 atom stereocenters. The van der Waals surface area contributed by atoms with E-state index in [4.69, 9.17) is 4.74 Å². The molecule has 0 aliphatic carbocycles. The van der Waals surface area contributed by atoms with Gasteiger partial charge >= 0.3 is 0 Å². The minimum atomic E-state index is -0.437. The summed E-state index contributed by atoms with van der Waals surface area (Å²) >= 11 is 1.13. The van der Waals surface area contributed by atoms with Crippen LogP contribution in [0, 0.1) is 5.82 Å². The number of benzene rings is 2. The van der Waals surface area contributed by atoms with Crippen LogP contribution in [-0.4, -0.2) is 37.8 Å². The van der Waals surface area contributed by atoms with Gasteiger partial charge in [0.1, 0.15) is 11.6 Å². The molecule has 0 aliphatic heterocycles. The fourth-order valence-corrected chi connectivity index (χ4v) is 3.62. The molecule has 2 aromatic heterocycles. The number of rotatable bonds is 7.